The fourth-order valence-corrected chi connectivity index (χ4v) is 3.76. The van der Waals surface area contributed by atoms with Gasteiger partial charge < -0.3 is 10.6 Å². The second-order valence-electron chi connectivity index (χ2n) is 5.82. The van der Waals surface area contributed by atoms with Crippen LogP contribution in [0.4, 0.5) is 5.69 Å². The van der Waals surface area contributed by atoms with Crippen molar-refractivity contribution in [1.29, 1.82) is 0 Å². The first kappa shape index (κ1) is 14.4. The van der Waals surface area contributed by atoms with Crippen molar-refractivity contribution in [2.75, 3.05) is 18.4 Å². The lowest BCUT2D eigenvalue weighted by atomic mass is 10.1. The molecule has 1 aromatic carbocycles. The Morgan fingerprint density at radius 1 is 1.30 bits per heavy atom. The molecule has 0 atom stereocenters. The zero-order chi connectivity index (χ0) is 15.6. The summed E-state index contributed by atoms with van der Waals surface area (Å²) in [5.41, 5.74) is 1.42. The van der Waals surface area contributed by atoms with Gasteiger partial charge >= 0.3 is 0 Å². The molecule has 3 aromatic rings. The molecule has 5 nitrogen and oxygen atoms in total. The largest absolute Gasteiger partial charge is 0.319 e. The molecular formula is C17H18N4OS. The monoisotopic (exact) mass is 326 g/mol. The molecule has 1 amide bonds. The highest BCUT2D eigenvalue weighted by Gasteiger charge is 2.16. The van der Waals surface area contributed by atoms with E-state index in [1.807, 2.05) is 40.5 Å². The Hall–Kier alpha value is -2.18. The number of aromatic nitrogens is 2. The van der Waals surface area contributed by atoms with Crippen LogP contribution in [0.2, 0.25) is 0 Å². The molecule has 0 bridgehead atoms. The zero-order valence-corrected chi connectivity index (χ0v) is 13.5. The lowest BCUT2D eigenvalue weighted by molar-refractivity contribution is 0.102. The van der Waals surface area contributed by atoms with Crippen LogP contribution in [-0.4, -0.2) is 28.8 Å². The summed E-state index contributed by atoms with van der Waals surface area (Å²) in [4.78, 5) is 12.4. The van der Waals surface area contributed by atoms with Crippen LogP contribution in [0, 0.1) is 0 Å². The number of nitrogens with zero attached hydrogens (tertiary/aromatic N) is 2. The van der Waals surface area contributed by atoms with Crippen LogP contribution in [0.5, 0.6) is 0 Å². The number of hydrogen-bond acceptors (Lipinski definition) is 4. The molecule has 118 valence electrons. The Kier molecular flexibility index (Phi) is 3.85. The molecule has 0 unspecified atom stereocenters. The molecule has 1 aliphatic heterocycles. The fourth-order valence-electron chi connectivity index (χ4n) is 2.98. The standard InChI is InChI=1S/C17H18N4OS/c22-17(13-1-2-16-12(9-13)5-8-23-16)20-14-10-19-21(11-14)15-3-6-18-7-4-15/h1-2,5,8-11,15,18H,3-4,6-7H2,(H,20,22). The van der Waals surface area contributed by atoms with E-state index in [4.69, 9.17) is 0 Å². The summed E-state index contributed by atoms with van der Waals surface area (Å²) in [6, 6.07) is 8.24. The minimum Gasteiger partial charge on any atom is -0.319 e. The molecule has 3 heterocycles. The second-order valence-corrected chi connectivity index (χ2v) is 6.77. The van der Waals surface area contributed by atoms with Gasteiger partial charge in [-0.15, -0.1) is 11.3 Å². The maximum absolute atomic E-state index is 12.4. The van der Waals surface area contributed by atoms with E-state index in [2.05, 4.69) is 15.7 Å². The zero-order valence-electron chi connectivity index (χ0n) is 12.7. The van der Waals surface area contributed by atoms with E-state index in [1.54, 1.807) is 17.5 Å². The normalized spacial score (nSPS) is 15.8. The summed E-state index contributed by atoms with van der Waals surface area (Å²) in [6.45, 7) is 2.04. The summed E-state index contributed by atoms with van der Waals surface area (Å²) in [6.07, 6.45) is 5.80. The number of hydrogen-bond donors (Lipinski definition) is 2. The van der Waals surface area contributed by atoms with Crippen molar-refractivity contribution in [2.45, 2.75) is 18.9 Å². The first-order valence-electron chi connectivity index (χ1n) is 7.83. The Bertz CT molecular complexity index is 832. The van der Waals surface area contributed by atoms with E-state index in [0.717, 1.165) is 37.0 Å². The Labute approximate surface area is 138 Å². The van der Waals surface area contributed by atoms with Crippen LogP contribution in [-0.2, 0) is 0 Å². The molecule has 0 radical (unpaired) electrons. The van der Waals surface area contributed by atoms with Gasteiger partial charge in [0, 0.05) is 16.5 Å². The van der Waals surface area contributed by atoms with E-state index in [-0.39, 0.29) is 5.91 Å². The summed E-state index contributed by atoms with van der Waals surface area (Å²) in [5, 5.41) is 13.8. The van der Waals surface area contributed by atoms with E-state index < -0.39 is 0 Å². The van der Waals surface area contributed by atoms with Gasteiger partial charge in [0.05, 0.1) is 17.9 Å². The van der Waals surface area contributed by atoms with Crippen LogP contribution >= 0.6 is 11.3 Å². The summed E-state index contributed by atoms with van der Waals surface area (Å²) < 4.78 is 3.17. The molecule has 23 heavy (non-hydrogen) atoms. The lowest BCUT2D eigenvalue weighted by Crippen LogP contribution is -2.29. The molecule has 0 saturated carbocycles. The topological polar surface area (TPSA) is 59.0 Å². The molecule has 0 spiro atoms. The number of anilines is 1. The number of carbonyl (C=O) groups excluding carboxylic acids is 1. The van der Waals surface area contributed by atoms with Crippen molar-refractivity contribution in [3.63, 3.8) is 0 Å². The number of fused-ring (bicyclic) bond motifs is 1. The number of thiophene rings is 1. The summed E-state index contributed by atoms with van der Waals surface area (Å²) >= 11 is 1.68. The Balaban J connectivity index is 1.48. The van der Waals surface area contributed by atoms with Gasteiger partial charge in [0.25, 0.3) is 5.91 Å². The number of carbonyl (C=O) groups is 1. The minimum atomic E-state index is -0.0945. The third-order valence-electron chi connectivity index (χ3n) is 4.26. The molecule has 0 aliphatic carbocycles. The average Bonchev–Trinajstić information content (AvgIpc) is 3.24. The smallest absolute Gasteiger partial charge is 0.255 e. The third-order valence-corrected chi connectivity index (χ3v) is 5.15. The third kappa shape index (κ3) is 3.00. The highest BCUT2D eigenvalue weighted by molar-refractivity contribution is 7.17. The van der Waals surface area contributed by atoms with Crippen molar-refractivity contribution in [2.24, 2.45) is 0 Å². The Morgan fingerprint density at radius 2 is 2.17 bits per heavy atom. The first-order valence-corrected chi connectivity index (χ1v) is 8.71. The van der Waals surface area contributed by atoms with Crippen LogP contribution < -0.4 is 10.6 Å². The first-order chi connectivity index (χ1) is 11.3. The number of nitrogens with one attached hydrogen (secondary N) is 2. The van der Waals surface area contributed by atoms with E-state index >= 15 is 0 Å². The van der Waals surface area contributed by atoms with Crippen molar-refractivity contribution < 1.29 is 4.79 Å². The van der Waals surface area contributed by atoms with Crippen LogP contribution in [0.3, 0.4) is 0 Å². The van der Waals surface area contributed by atoms with Gasteiger partial charge in [-0.25, -0.2) is 0 Å². The molecular weight excluding hydrogens is 308 g/mol. The van der Waals surface area contributed by atoms with Crippen LogP contribution in [0.15, 0.2) is 42.0 Å². The number of benzene rings is 1. The molecule has 2 aromatic heterocycles. The van der Waals surface area contributed by atoms with E-state index in [1.165, 1.54) is 4.70 Å². The molecule has 2 N–H and O–H groups in total. The van der Waals surface area contributed by atoms with Gasteiger partial charge in [-0.05, 0) is 61.0 Å². The molecule has 6 heteroatoms. The quantitative estimate of drug-likeness (QED) is 0.776. The minimum absolute atomic E-state index is 0.0945. The van der Waals surface area contributed by atoms with Gasteiger partial charge in [0.2, 0.25) is 0 Å². The molecule has 4 rings (SSSR count). The maximum Gasteiger partial charge on any atom is 0.255 e. The van der Waals surface area contributed by atoms with Gasteiger partial charge in [0.15, 0.2) is 0 Å². The molecule has 1 aliphatic rings. The predicted molar refractivity (Wildman–Crippen MR) is 93.1 cm³/mol. The Morgan fingerprint density at radius 3 is 3.04 bits per heavy atom. The van der Waals surface area contributed by atoms with E-state index in [9.17, 15) is 4.79 Å². The summed E-state index contributed by atoms with van der Waals surface area (Å²) in [5.74, 6) is -0.0945. The highest BCUT2D eigenvalue weighted by Crippen LogP contribution is 2.23. The number of amides is 1. The van der Waals surface area contributed by atoms with Gasteiger partial charge in [-0.2, -0.15) is 5.10 Å². The average molecular weight is 326 g/mol. The van der Waals surface area contributed by atoms with Crippen molar-refractivity contribution >= 4 is 33.0 Å². The fraction of sp³-hybridized carbons (Fsp3) is 0.294. The van der Waals surface area contributed by atoms with Gasteiger partial charge in [0.1, 0.15) is 0 Å². The number of piperidine rings is 1. The van der Waals surface area contributed by atoms with E-state index in [0.29, 0.717) is 11.6 Å². The maximum atomic E-state index is 12.4. The van der Waals surface area contributed by atoms with Crippen molar-refractivity contribution in [1.82, 2.24) is 15.1 Å². The highest BCUT2D eigenvalue weighted by atomic mass is 32.1. The number of rotatable bonds is 3. The van der Waals surface area contributed by atoms with Crippen LogP contribution in [0.1, 0.15) is 29.2 Å². The van der Waals surface area contributed by atoms with Crippen LogP contribution in [0.25, 0.3) is 10.1 Å². The van der Waals surface area contributed by atoms with Crippen molar-refractivity contribution in [3.05, 3.63) is 47.6 Å². The predicted octanol–water partition coefficient (Wildman–Crippen LogP) is 3.27. The van der Waals surface area contributed by atoms with Gasteiger partial charge in [-0.3, -0.25) is 9.48 Å². The van der Waals surface area contributed by atoms with Crippen molar-refractivity contribution in [3.8, 4) is 0 Å². The molecule has 1 saturated heterocycles. The SMILES string of the molecule is O=C(Nc1cnn(C2CCNCC2)c1)c1ccc2sccc2c1. The summed E-state index contributed by atoms with van der Waals surface area (Å²) in [7, 11) is 0. The van der Waals surface area contributed by atoms with Gasteiger partial charge in [-0.1, -0.05) is 0 Å². The second kappa shape index (κ2) is 6.14. The lowest BCUT2D eigenvalue weighted by Gasteiger charge is -2.22. The molecule has 1 fully saturated rings.